The maximum absolute atomic E-state index is 12.9. The van der Waals surface area contributed by atoms with Crippen LogP contribution in [0.2, 0.25) is 0 Å². The summed E-state index contributed by atoms with van der Waals surface area (Å²) < 4.78 is 5.56. The average Bonchev–Trinajstić information content (AvgIpc) is 3.11. The molecule has 0 aromatic heterocycles. The van der Waals surface area contributed by atoms with Gasteiger partial charge in [0.1, 0.15) is 12.6 Å². The lowest BCUT2D eigenvalue weighted by molar-refractivity contribution is -0.182. The maximum atomic E-state index is 12.9. The molecule has 2 aromatic rings. The summed E-state index contributed by atoms with van der Waals surface area (Å²) in [6.45, 7) is 0.0199. The lowest BCUT2D eigenvalue weighted by atomic mass is 9.93. The lowest BCUT2D eigenvalue weighted by Crippen LogP contribution is -2.69. The Morgan fingerprint density at radius 2 is 1.65 bits per heavy atom. The van der Waals surface area contributed by atoms with E-state index in [-0.39, 0.29) is 25.6 Å². The van der Waals surface area contributed by atoms with E-state index in [4.69, 9.17) is 9.84 Å². The number of benzene rings is 2. The molecule has 0 spiro atoms. The van der Waals surface area contributed by atoms with Crippen molar-refractivity contribution in [3.8, 4) is 11.1 Å². The van der Waals surface area contributed by atoms with Crippen LogP contribution in [0, 0.1) is 0 Å². The number of fused-ring (bicyclic) bond motifs is 3. The van der Waals surface area contributed by atoms with Crippen molar-refractivity contribution >= 4 is 18.0 Å². The summed E-state index contributed by atoms with van der Waals surface area (Å²) in [6, 6.07) is 15.1. The molecule has 0 radical (unpaired) electrons. The molecule has 2 aromatic carbocycles. The third-order valence-electron chi connectivity index (χ3n) is 6.41. The Morgan fingerprint density at radius 3 is 2.18 bits per heavy atom. The summed E-state index contributed by atoms with van der Waals surface area (Å²) in [7, 11) is 3.70. The first-order valence-electron chi connectivity index (χ1n) is 11.2. The van der Waals surface area contributed by atoms with Crippen molar-refractivity contribution < 1.29 is 29.3 Å². The van der Waals surface area contributed by atoms with Crippen molar-refractivity contribution in [1.82, 2.24) is 15.1 Å². The Labute approximate surface area is 197 Å². The van der Waals surface area contributed by atoms with Crippen LogP contribution in [0.25, 0.3) is 11.1 Å². The van der Waals surface area contributed by atoms with E-state index in [0.717, 1.165) is 22.3 Å². The molecule has 180 valence electrons. The molecule has 3 N–H and O–H groups in total. The summed E-state index contributed by atoms with van der Waals surface area (Å²) in [6.07, 6.45) is -0.397. The second kappa shape index (κ2) is 9.44. The highest BCUT2D eigenvalue weighted by atomic mass is 16.5. The van der Waals surface area contributed by atoms with Gasteiger partial charge < -0.3 is 30.1 Å². The zero-order valence-electron chi connectivity index (χ0n) is 19.2. The second-order valence-corrected chi connectivity index (χ2v) is 9.15. The van der Waals surface area contributed by atoms with E-state index in [9.17, 15) is 19.5 Å². The number of aliphatic hydroxyl groups is 1. The third kappa shape index (κ3) is 4.62. The van der Waals surface area contributed by atoms with Crippen LogP contribution in [0.1, 0.15) is 23.5 Å². The number of nitrogens with one attached hydrogen (secondary N) is 1. The molecule has 9 heteroatoms. The zero-order chi connectivity index (χ0) is 24.5. The summed E-state index contributed by atoms with van der Waals surface area (Å²) in [4.78, 5) is 39.8. The van der Waals surface area contributed by atoms with Gasteiger partial charge in [0.05, 0.1) is 13.1 Å². The van der Waals surface area contributed by atoms with E-state index in [1.807, 2.05) is 55.4 Å². The van der Waals surface area contributed by atoms with Crippen LogP contribution in [0.3, 0.4) is 0 Å². The molecule has 1 atom stereocenters. The SMILES string of the molecule is CN(C)CCC(NC(=O)OCC1c2ccccc2-c2ccccc21)C(=O)N1CC(O)(C(=O)O)C1. The number of rotatable bonds is 8. The molecule has 1 fully saturated rings. The molecule has 0 bridgehead atoms. The predicted octanol–water partition coefficient (Wildman–Crippen LogP) is 1.50. The number of ether oxygens (including phenoxy) is 1. The summed E-state index contributed by atoms with van der Waals surface area (Å²) >= 11 is 0. The smallest absolute Gasteiger partial charge is 0.407 e. The highest BCUT2D eigenvalue weighted by Gasteiger charge is 2.51. The molecule has 34 heavy (non-hydrogen) atoms. The van der Waals surface area contributed by atoms with Gasteiger partial charge in [-0.3, -0.25) is 4.79 Å². The minimum Gasteiger partial charge on any atom is -0.479 e. The molecule has 1 unspecified atom stereocenters. The molecule has 0 saturated carbocycles. The molecule has 1 saturated heterocycles. The largest absolute Gasteiger partial charge is 0.479 e. The first-order valence-corrected chi connectivity index (χ1v) is 11.2. The number of nitrogens with zero attached hydrogens (tertiary/aromatic N) is 2. The van der Waals surface area contributed by atoms with Crippen LogP contribution in [0.5, 0.6) is 0 Å². The minimum absolute atomic E-state index is 0.102. The standard InChI is InChI=1S/C25H29N3O6/c1-27(2)12-11-21(22(29)28-14-25(33,15-28)23(30)31)26-24(32)34-13-20-18-9-5-3-7-16(18)17-8-4-6-10-19(17)20/h3-10,20-21,33H,11-15H2,1-2H3,(H,26,32)(H,30,31). The average molecular weight is 468 g/mol. The van der Waals surface area contributed by atoms with Crippen LogP contribution in [0.15, 0.2) is 48.5 Å². The number of likely N-dealkylation sites (tertiary alicyclic amines) is 1. The van der Waals surface area contributed by atoms with Gasteiger partial charge in [0.2, 0.25) is 5.91 Å². The molecular formula is C25H29N3O6. The topological polar surface area (TPSA) is 119 Å². The molecule has 1 aliphatic heterocycles. The summed E-state index contributed by atoms with van der Waals surface area (Å²) in [5.41, 5.74) is 2.48. The van der Waals surface area contributed by atoms with Crippen molar-refractivity contribution in [2.24, 2.45) is 0 Å². The minimum atomic E-state index is -1.94. The van der Waals surface area contributed by atoms with Crippen molar-refractivity contribution in [2.75, 3.05) is 40.3 Å². The van der Waals surface area contributed by atoms with Gasteiger partial charge in [0.15, 0.2) is 5.60 Å². The summed E-state index contributed by atoms with van der Waals surface area (Å²) in [5, 5.41) is 21.7. The van der Waals surface area contributed by atoms with E-state index in [1.165, 1.54) is 4.90 Å². The van der Waals surface area contributed by atoms with Gasteiger partial charge in [-0.05, 0) is 49.3 Å². The molecule has 2 aliphatic rings. The number of carboxylic acid groups (broad SMARTS) is 1. The second-order valence-electron chi connectivity index (χ2n) is 9.15. The van der Waals surface area contributed by atoms with Crippen molar-refractivity contribution in [3.63, 3.8) is 0 Å². The Kier molecular flexibility index (Phi) is 6.58. The van der Waals surface area contributed by atoms with Gasteiger partial charge in [0.25, 0.3) is 0 Å². The maximum Gasteiger partial charge on any atom is 0.407 e. The third-order valence-corrected chi connectivity index (χ3v) is 6.41. The molecule has 2 amide bonds. The molecule has 1 aliphatic carbocycles. The first kappa shape index (κ1) is 23.7. The predicted molar refractivity (Wildman–Crippen MR) is 124 cm³/mol. The van der Waals surface area contributed by atoms with Gasteiger partial charge in [-0.1, -0.05) is 48.5 Å². The number of β-amino-alcohol motifs (C(OH)–C–C–N with tert-alkyl or cyclic N) is 1. The molecule has 1 heterocycles. The number of amides is 2. The first-order chi connectivity index (χ1) is 16.2. The quantitative estimate of drug-likeness (QED) is 0.538. The normalized spacial score (nSPS) is 16.9. The summed E-state index contributed by atoms with van der Waals surface area (Å²) in [5.74, 6) is -1.91. The monoisotopic (exact) mass is 467 g/mol. The fourth-order valence-corrected chi connectivity index (χ4v) is 4.52. The number of hydrogen-bond donors (Lipinski definition) is 3. The lowest BCUT2D eigenvalue weighted by Gasteiger charge is -2.44. The van der Waals surface area contributed by atoms with E-state index in [0.29, 0.717) is 13.0 Å². The molecule has 9 nitrogen and oxygen atoms in total. The Hall–Kier alpha value is -3.43. The van der Waals surface area contributed by atoms with Crippen LogP contribution in [-0.4, -0.2) is 90.0 Å². The zero-order valence-corrected chi connectivity index (χ0v) is 19.2. The highest BCUT2D eigenvalue weighted by molar-refractivity contribution is 5.89. The fourth-order valence-electron chi connectivity index (χ4n) is 4.52. The van der Waals surface area contributed by atoms with Crippen LogP contribution in [0.4, 0.5) is 4.79 Å². The fraction of sp³-hybridized carbons (Fsp3) is 0.400. The number of carbonyl (C=O) groups is 3. The van der Waals surface area contributed by atoms with E-state index in [2.05, 4.69) is 17.4 Å². The number of hydrogen-bond acceptors (Lipinski definition) is 6. The van der Waals surface area contributed by atoms with E-state index in [1.54, 1.807) is 0 Å². The van der Waals surface area contributed by atoms with Crippen molar-refractivity contribution in [1.29, 1.82) is 0 Å². The van der Waals surface area contributed by atoms with Crippen LogP contribution >= 0.6 is 0 Å². The number of carbonyl (C=O) groups excluding carboxylic acids is 2. The Morgan fingerprint density at radius 1 is 1.09 bits per heavy atom. The van der Waals surface area contributed by atoms with Gasteiger partial charge in [0, 0.05) is 5.92 Å². The number of alkyl carbamates (subject to hydrolysis) is 1. The molecule has 4 rings (SSSR count). The van der Waals surface area contributed by atoms with E-state index < -0.39 is 29.6 Å². The van der Waals surface area contributed by atoms with Crippen molar-refractivity contribution in [3.05, 3.63) is 59.7 Å². The highest BCUT2D eigenvalue weighted by Crippen LogP contribution is 2.44. The Bertz CT molecular complexity index is 1050. The molecular weight excluding hydrogens is 438 g/mol. The van der Waals surface area contributed by atoms with Gasteiger partial charge in [-0.15, -0.1) is 0 Å². The van der Waals surface area contributed by atoms with Gasteiger partial charge in [-0.25, -0.2) is 9.59 Å². The number of carboxylic acids is 1. The van der Waals surface area contributed by atoms with Crippen LogP contribution in [-0.2, 0) is 14.3 Å². The number of aliphatic carboxylic acids is 1. The van der Waals surface area contributed by atoms with E-state index >= 15 is 0 Å². The Balaban J connectivity index is 1.40. The van der Waals surface area contributed by atoms with Crippen LogP contribution < -0.4 is 5.32 Å². The van der Waals surface area contributed by atoms with Gasteiger partial charge in [-0.2, -0.15) is 0 Å². The van der Waals surface area contributed by atoms with Crippen molar-refractivity contribution in [2.45, 2.75) is 24.0 Å². The van der Waals surface area contributed by atoms with Gasteiger partial charge >= 0.3 is 12.1 Å².